The Morgan fingerprint density at radius 2 is 1.19 bits per heavy atom. The first-order valence-corrected chi connectivity index (χ1v) is 16.0. The number of allylic oxidation sites excluding steroid dienone is 4. The maximum Gasteiger partial charge on any atom is 0.165 e. The van der Waals surface area contributed by atoms with Crippen molar-refractivity contribution in [2.75, 3.05) is 0 Å². The highest BCUT2D eigenvalue weighted by molar-refractivity contribution is 6.15. The molecule has 0 saturated carbocycles. The van der Waals surface area contributed by atoms with E-state index in [0.29, 0.717) is 17.5 Å². The Kier molecular flexibility index (Phi) is 6.57. The summed E-state index contributed by atoms with van der Waals surface area (Å²) in [6.07, 6.45) is 8.91. The normalized spacial score (nSPS) is 13.0. The second kappa shape index (κ2) is 11.3. The van der Waals surface area contributed by atoms with Crippen molar-refractivity contribution in [1.82, 2.24) is 15.0 Å². The Hall–Kier alpha value is -6.13. The topological polar surface area (TPSA) is 51.8 Å². The number of fused-ring (bicyclic) bond motifs is 4. The Balaban J connectivity index is 1.31. The van der Waals surface area contributed by atoms with Crippen LogP contribution in [0.25, 0.3) is 83.6 Å². The molecule has 0 aliphatic heterocycles. The lowest BCUT2D eigenvalue weighted by Gasteiger charge is -2.14. The van der Waals surface area contributed by atoms with Gasteiger partial charge >= 0.3 is 0 Å². The number of hydrogen-bond acceptors (Lipinski definition) is 4. The van der Waals surface area contributed by atoms with E-state index in [4.69, 9.17) is 19.4 Å². The van der Waals surface area contributed by atoms with Crippen LogP contribution < -0.4 is 0 Å². The summed E-state index contributed by atoms with van der Waals surface area (Å²) in [4.78, 5) is 15.6. The van der Waals surface area contributed by atoms with E-state index in [-0.39, 0.29) is 0 Å². The van der Waals surface area contributed by atoms with Gasteiger partial charge in [0.2, 0.25) is 0 Å². The molecule has 1 aliphatic carbocycles. The van der Waals surface area contributed by atoms with Crippen molar-refractivity contribution >= 4 is 38.3 Å². The van der Waals surface area contributed by atoms with Crippen molar-refractivity contribution in [1.29, 1.82) is 0 Å². The van der Waals surface area contributed by atoms with E-state index in [2.05, 4.69) is 127 Å². The third kappa shape index (κ3) is 4.91. The number of aromatic nitrogens is 3. The average Bonchev–Trinajstić information content (AvgIpc) is 3.54. The van der Waals surface area contributed by atoms with Gasteiger partial charge in [0.05, 0.1) is 0 Å². The lowest BCUT2D eigenvalue weighted by molar-refractivity contribution is 0.669. The highest BCUT2D eigenvalue weighted by Gasteiger charge is 2.22. The Bertz CT molecular complexity index is 2510. The number of hydrogen-bond donors (Lipinski definition) is 0. The molecule has 0 radical (unpaired) electrons. The van der Waals surface area contributed by atoms with Gasteiger partial charge in [0.15, 0.2) is 17.5 Å². The molecule has 0 spiro atoms. The molecule has 47 heavy (non-hydrogen) atoms. The summed E-state index contributed by atoms with van der Waals surface area (Å²) in [6, 6.07) is 46.1. The number of furan rings is 1. The predicted molar refractivity (Wildman–Crippen MR) is 193 cm³/mol. The smallest absolute Gasteiger partial charge is 0.165 e. The lowest BCUT2D eigenvalue weighted by atomic mass is 9.94. The summed E-state index contributed by atoms with van der Waals surface area (Å²) in [5.74, 6) is 1.86. The molecule has 8 aromatic rings. The van der Waals surface area contributed by atoms with Gasteiger partial charge in [-0.1, -0.05) is 127 Å². The molecule has 0 N–H and O–H groups in total. The van der Waals surface area contributed by atoms with Crippen molar-refractivity contribution in [3.63, 3.8) is 0 Å². The van der Waals surface area contributed by atoms with E-state index in [1.807, 2.05) is 24.3 Å². The fourth-order valence-electron chi connectivity index (χ4n) is 6.62. The monoisotopic (exact) mass is 603 g/mol. The van der Waals surface area contributed by atoms with Crippen LogP contribution in [0.3, 0.4) is 0 Å². The Morgan fingerprint density at radius 3 is 2.02 bits per heavy atom. The molecule has 9 rings (SSSR count). The number of para-hydroxylation sites is 1. The quantitative estimate of drug-likeness (QED) is 0.196. The number of benzene rings is 6. The van der Waals surface area contributed by atoms with Crippen molar-refractivity contribution < 1.29 is 4.42 Å². The molecular weight excluding hydrogens is 574 g/mol. The van der Waals surface area contributed by atoms with E-state index in [1.165, 1.54) is 16.5 Å². The molecule has 2 heterocycles. The van der Waals surface area contributed by atoms with Crippen molar-refractivity contribution in [2.45, 2.75) is 12.8 Å². The number of rotatable bonds is 5. The molecule has 4 nitrogen and oxygen atoms in total. The zero-order valence-electron chi connectivity index (χ0n) is 25.6. The van der Waals surface area contributed by atoms with Crippen molar-refractivity contribution in [3.05, 3.63) is 157 Å². The molecule has 0 unspecified atom stereocenters. The van der Waals surface area contributed by atoms with Gasteiger partial charge in [0, 0.05) is 27.5 Å². The summed E-state index contributed by atoms with van der Waals surface area (Å²) < 4.78 is 6.37. The van der Waals surface area contributed by atoms with Crippen LogP contribution >= 0.6 is 0 Å². The first kappa shape index (κ1) is 27.2. The van der Waals surface area contributed by atoms with Crippen LogP contribution in [0, 0.1) is 0 Å². The Morgan fingerprint density at radius 1 is 0.489 bits per heavy atom. The van der Waals surface area contributed by atoms with E-state index >= 15 is 0 Å². The van der Waals surface area contributed by atoms with Crippen molar-refractivity contribution in [3.8, 4) is 45.3 Å². The fraction of sp³-hybridized carbons (Fsp3) is 0.0465. The van der Waals surface area contributed by atoms with Crippen LogP contribution in [0.4, 0.5) is 0 Å². The summed E-state index contributed by atoms with van der Waals surface area (Å²) in [6.45, 7) is 0. The van der Waals surface area contributed by atoms with Crippen LogP contribution in [0.1, 0.15) is 18.4 Å². The average molecular weight is 604 g/mol. The van der Waals surface area contributed by atoms with Crippen molar-refractivity contribution in [2.24, 2.45) is 0 Å². The summed E-state index contributed by atoms with van der Waals surface area (Å²) >= 11 is 0. The summed E-state index contributed by atoms with van der Waals surface area (Å²) in [5.41, 5.74) is 9.00. The highest BCUT2D eigenvalue weighted by Crippen LogP contribution is 2.42. The predicted octanol–water partition coefficient (Wildman–Crippen LogP) is 11.3. The van der Waals surface area contributed by atoms with Gasteiger partial charge in [-0.05, 0) is 70.1 Å². The maximum absolute atomic E-state index is 6.37. The van der Waals surface area contributed by atoms with Crippen LogP contribution in [0.2, 0.25) is 0 Å². The third-order valence-corrected chi connectivity index (χ3v) is 8.97. The highest BCUT2D eigenvalue weighted by atomic mass is 16.3. The molecule has 0 fully saturated rings. The minimum absolute atomic E-state index is 0.608. The number of nitrogens with zero attached hydrogens (tertiary/aromatic N) is 3. The van der Waals surface area contributed by atoms with E-state index in [0.717, 1.165) is 68.0 Å². The SMILES string of the molecule is C1=CC(c2ccc(-c3nc(-c4ccc5ccccc5c4)nc(-c4c(-c5ccccc5)ccc5oc6ccccc6c45)n3)cc2)=CCC1. The molecule has 4 heteroatoms. The van der Waals surface area contributed by atoms with Crippen LogP contribution in [0.15, 0.2) is 156 Å². The second-order valence-corrected chi connectivity index (χ2v) is 11.9. The van der Waals surface area contributed by atoms with Gasteiger partial charge in [-0.3, -0.25) is 0 Å². The summed E-state index contributed by atoms with van der Waals surface area (Å²) in [7, 11) is 0. The molecule has 0 amide bonds. The molecular formula is C43H29N3O. The van der Waals surface area contributed by atoms with Crippen LogP contribution in [-0.2, 0) is 0 Å². The Labute approximate surface area is 272 Å². The fourth-order valence-corrected chi connectivity index (χ4v) is 6.62. The standard InChI is InChI=1S/C43H29N3O/c1-3-11-28(12-4-1)30-19-22-32(23-20-30)41-44-42(34-24-21-29-13-7-8-16-33(29)27-34)46-43(45-41)40-35(31-14-5-2-6-15-31)25-26-38-39(40)36-17-9-10-18-37(36)47-38/h2-3,5-27H,1,4H2. The van der Waals surface area contributed by atoms with E-state index in [9.17, 15) is 0 Å². The zero-order chi connectivity index (χ0) is 31.2. The van der Waals surface area contributed by atoms with Gasteiger partial charge in [0.25, 0.3) is 0 Å². The van der Waals surface area contributed by atoms with Gasteiger partial charge in [-0.2, -0.15) is 0 Å². The molecule has 6 aromatic carbocycles. The van der Waals surface area contributed by atoms with Crippen LogP contribution in [0.5, 0.6) is 0 Å². The van der Waals surface area contributed by atoms with E-state index in [1.54, 1.807) is 0 Å². The third-order valence-electron chi connectivity index (χ3n) is 8.97. The first-order chi connectivity index (χ1) is 23.3. The molecule has 0 atom stereocenters. The minimum Gasteiger partial charge on any atom is -0.456 e. The molecule has 2 aromatic heterocycles. The lowest BCUT2D eigenvalue weighted by Crippen LogP contribution is -2.02. The summed E-state index contributed by atoms with van der Waals surface area (Å²) in [5, 5.41) is 4.34. The minimum atomic E-state index is 0.608. The molecule has 1 aliphatic rings. The van der Waals surface area contributed by atoms with Gasteiger partial charge in [0.1, 0.15) is 11.2 Å². The maximum atomic E-state index is 6.37. The van der Waals surface area contributed by atoms with Gasteiger partial charge in [-0.15, -0.1) is 0 Å². The zero-order valence-corrected chi connectivity index (χ0v) is 25.6. The molecule has 0 saturated heterocycles. The first-order valence-electron chi connectivity index (χ1n) is 16.0. The largest absolute Gasteiger partial charge is 0.456 e. The molecule has 0 bridgehead atoms. The van der Waals surface area contributed by atoms with Gasteiger partial charge in [-0.25, -0.2) is 15.0 Å². The second-order valence-electron chi connectivity index (χ2n) is 11.9. The van der Waals surface area contributed by atoms with Crippen LogP contribution in [-0.4, -0.2) is 15.0 Å². The van der Waals surface area contributed by atoms with E-state index < -0.39 is 0 Å². The van der Waals surface area contributed by atoms with Gasteiger partial charge < -0.3 is 4.42 Å². The molecule has 222 valence electrons.